The lowest BCUT2D eigenvalue weighted by atomic mass is 9.90. The Labute approximate surface area is 223 Å². The number of benzene rings is 2. The molecule has 0 spiro atoms. The lowest BCUT2D eigenvalue weighted by Gasteiger charge is -2.31. The molecular formula is C28H33N3O6S. The highest BCUT2D eigenvalue weighted by Gasteiger charge is 2.33. The summed E-state index contributed by atoms with van der Waals surface area (Å²) in [6, 6.07) is 17.4. The van der Waals surface area contributed by atoms with Crippen molar-refractivity contribution in [3.8, 4) is 0 Å². The number of amides is 2. The smallest absolute Gasteiger partial charge is 0.263 e. The van der Waals surface area contributed by atoms with Crippen LogP contribution in [0.15, 0.2) is 77.5 Å². The molecular weight excluding hydrogens is 506 g/mol. The molecule has 202 valence electrons. The number of hydrogen-bond acceptors (Lipinski definition) is 7. The van der Waals surface area contributed by atoms with Crippen molar-refractivity contribution >= 4 is 27.4 Å². The van der Waals surface area contributed by atoms with Crippen LogP contribution in [0.1, 0.15) is 54.4 Å². The SMILES string of the molecule is CC(C)N(CCC(C(=O)c1ncco1)c1ccccc1)C(=O)C(CC(N)=O)CS(=O)(=O)Cc1ccccc1. The fourth-order valence-corrected chi connectivity index (χ4v) is 6.10. The van der Waals surface area contributed by atoms with Gasteiger partial charge in [-0.2, -0.15) is 0 Å². The second kappa shape index (κ2) is 13.1. The van der Waals surface area contributed by atoms with Crippen LogP contribution in [-0.4, -0.2) is 54.2 Å². The monoisotopic (exact) mass is 539 g/mol. The van der Waals surface area contributed by atoms with Gasteiger partial charge in [0.15, 0.2) is 9.84 Å². The zero-order chi connectivity index (χ0) is 27.7. The molecule has 3 aromatic rings. The van der Waals surface area contributed by atoms with Gasteiger partial charge >= 0.3 is 0 Å². The summed E-state index contributed by atoms with van der Waals surface area (Å²) < 4.78 is 31.2. The predicted molar refractivity (Wildman–Crippen MR) is 143 cm³/mol. The maximum atomic E-state index is 13.6. The first-order valence-electron chi connectivity index (χ1n) is 12.4. The highest BCUT2D eigenvalue weighted by molar-refractivity contribution is 7.90. The quantitative estimate of drug-likeness (QED) is 0.310. The minimum atomic E-state index is -3.73. The van der Waals surface area contributed by atoms with Gasteiger partial charge in [0.25, 0.3) is 5.89 Å². The minimum Gasteiger partial charge on any atom is -0.442 e. The number of aromatic nitrogens is 1. The second-order valence-electron chi connectivity index (χ2n) is 9.49. The van der Waals surface area contributed by atoms with Gasteiger partial charge in [0.05, 0.1) is 29.5 Å². The fraction of sp³-hybridized carbons (Fsp3) is 0.357. The van der Waals surface area contributed by atoms with E-state index in [0.717, 1.165) is 5.56 Å². The van der Waals surface area contributed by atoms with E-state index in [1.807, 2.05) is 30.3 Å². The molecule has 0 aliphatic heterocycles. The maximum Gasteiger partial charge on any atom is 0.263 e. The van der Waals surface area contributed by atoms with Gasteiger partial charge < -0.3 is 15.1 Å². The molecule has 2 aromatic carbocycles. The number of rotatable bonds is 14. The lowest BCUT2D eigenvalue weighted by Crippen LogP contribution is -2.45. The van der Waals surface area contributed by atoms with Crippen molar-refractivity contribution in [2.45, 2.75) is 44.4 Å². The van der Waals surface area contributed by atoms with Crippen LogP contribution in [0.25, 0.3) is 0 Å². The topological polar surface area (TPSA) is 141 Å². The molecule has 2 unspecified atom stereocenters. The average molecular weight is 540 g/mol. The van der Waals surface area contributed by atoms with Crippen LogP contribution < -0.4 is 5.73 Å². The van der Waals surface area contributed by atoms with E-state index in [0.29, 0.717) is 5.56 Å². The Bertz CT molecular complexity index is 1310. The summed E-state index contributed by atoms with van der Waals surface area (Å²) in [6.07, 6.45) is 2.57. The Kier molecular flexibility index (Phi) is 9.95. The minimum absolute atomic E-state index is 0.0279. The van der Waals surface area contributed by atoms with E-state index in [4.69, 9.17) is 10.2 Å². The van der Waals surface area contributed by atoms with E-state index in [-0.39, 0.29) is 36.4 Å². The zero-order valence-corrected chi connectivity index (χ0v) is 22.3. The summed E-state index contributed by atoms with van der Waals surface area (Å²) in [4.78, 5) is 44.1. The van der Waals surface area contributed by atoms with Crippen molar-refractivity contribution in [2.24, 2.45) is 11.7 Å². The third-order valence-electron chi connectivity index (χ3n) is 6.21. The number of sulfone groups is 1. The number of nitrogens with two attached hydrogens (primary N) is 1. The largest absolute Gasteiger partial charge is 0.442 e. The molecule has 2 N–H and O–H groups in total. The molecule has 1 heterocycles. The van der Waals surface area contributed by atoms with Gasteiger partial charge in [0.1, 0.15) is 6.26 Å². The number of ketones is 1. The standard InChI is InChI=1S/C28H33N3O6S/c1-20(2)31(15-13-24(22-11-7-4-8-12-22)26(33)27-30-14-16-37-27)28(34)23(17-25(29)32)19-38(35,36)18-21-9-5-3-6-10-21/h3-12,14,16,20,23-24H,13,15,17-19H2,1-2H3,(H2,29,32). The van der Waals surface area contributed by atoms with E-state index >= 15 is 0 Å². The Morgan fingerprint density at radius 3 is 2.18 bits per heavy atom. The van der Waals surface area contributed by atoms with Crippen molar-refractivity contribution in [1.82, 2.24) is 9.88 Å². The number of oxazole rings is 1. The summed E-state index contributed by atoms with van der Waals surface area (Å²) in [5.74, 6) is -4.14. The molecule has 0 bridgehead atoms. The first-order chi connectivity index (χ1) is 18.1. The molecule has 0 saturated heterocycles. The lowest BCUT2D eigenvalue weighted by molar-refractivity contribution is -0.138. The van der Waals surface area contributed by atoms with E-state index < -0.39 is 45.7 Å². The molecule has 0 fully saturated rings. The number of carbonyl (C=O) groups excluding carboxylic acids is 3. The maximum absolute atomic E-state index is 13.6. The summed E-state index contributed by atoms with van der Waals surface area (Å²) in [5, 5.41) is 0. The Balaban J connectivity index is 1.81. The third kappa shape index (κ3) is 8.11. The van der Waals surface area contributed by atoms with Crippen LogP contribution in [0.5, 0.6) is 0 Å². The summed E-state index contributed by atoms with van der Waals surface area (Å²) in [7, 11) is -3.73. The van der Waals surface area contributed by atoms with Gasteiger partial charge in [0, 0.05) is 19.0 Å². The van der Waals surface area contributed by atoms with Gasteiger partial charge in [-0.05, 0) is 31.4 Å². The first-order valence-corrected chi connectivity index (χ1v) is 14.2. The molecule has 2 atom stereocenters. The average Bonchev–Trinajstić information content (AvgIpc) is 3.41. The van der Waals surface area contributed by atoms with Crippen LogP contribution >= 0.6 is 0 Å². The molecule has 0 aliphatic rings. The molecule has 2 amide bonds. The Morgan fingerprint density at radius 2 is 1.63 bits per heavy atom. The van der Waals surface area contributed by atoms with E-state index in [1.165, 1.54) is 17.4 Å². The summed E-state index contributed by atoms with van der Waals surface area (Å²) in [6.45, 7) is 3.74. The molecule has 1 aromatic heterocycles. The Hall–Kier alpha value is -3.79. The van der Waals surface area contributed by atoms with Gasteiger partial charge in [-0.1, -0.05) is 60.7 Å². The van der Waals surface area contributed by atoms with Crippen molar-refractivity contribution < 1.29 is 27.2 Å². The number of hydrogen-bond donors (Lipinski definition) is 1. The highest BCUT2D eigenvalue weighted by atomic mass is 32.2. The van der Waals surface area contributed by atoms with Crippen LogP contribution in [-0.2, 0) is 25.2 Å². The van der Waals surface area contributed by atoms with Crippen LogP contribution in [0.4, 0.5) is 0 Å². The molecule has 10 heteroatoms. The van der Waals surface area contributed by atoms with Crippen molar-refractivity contribution in [1.29, 1.82) is 0 Å². The Morgan fingerprint density at radius 1 is 1.00 bits per heavy atom. The fourth-order valence-electron chi connectivity index (χ4n) is 4.41. The summed E-state index contributed by atoms with van der Waals surface area (Å²) >= 11 is 0. The van der Waals surface area contributed by atoms with Gasteiger partial charge in [0.2, 0.25) is 17.6 Å². The van der Waals surface area contributed by atoms with Crippen molar-refractivity contribution in [3.63, 3.8) is 0 Å². The van der Waals surface area contributed by atoms with Crippen LogP contribution in [0.2, 0.25) is 0 Å². The van der Waals surface area contributed by atoms with Crippen LogP contribution in [0, 0.1) is 5.92 Å². The number of Topliss-reactive ketones (excluding diaryl/α,β-unsaturated/α-hetero) is 1. The summed E-state index contributed by atoms with van der Waals surface area (Å²) in [5.41, 5.74) is 6.74. The van der Waals surface area contributed by atoms with Gasteiger partial charge in [-0.15, -0.1) is 0 Å². The van der Waals surface area contributed by atoms with Crippen molar-refractivity contribution in [2.75, 3.05) is 12.3 Å². The predicted octanol–water partition coefficient (Wildman–Crippen LogP) is 3.37. The van der Waals surface area contributed by atoms with Gasteiger partial charge in [-0.3, -0.25) is 14.4 Å². The van der Waals surface area contributed by atoms with E-state index in [9.17, 15) is 22.8 Å². The molecule has 0 radical (unpaired) electrons. The molecule has 0 aliphatic carbocycles. The molecule has 3 rings (SSSR count). The highest BCUT2D eigenvalue weighted by Crippen LogP contribution is 2.26. The van der Waals surface area contributed by atoms with E-state index in [1.54, 1.807) is 44.2 Å². The van der Waals surface area contributed by atoms with Crippen LogP contribution in [0.3, 0.4) is 0 Å². The number of primary amides is 1. The number of nitrogens with zero attached hydrogens (tertiary/aromatic N) is 2. The van der Waals surface area contributed by atoms with Crippen molar-refractivity contribution in [3.05, 3.63) is 90.1 Å². The molecule has 0 saturated carbocycles. The third-order valence-corrected chi connectivity index (χ3v) is 7.89. The molecule has 38 heavy (non-hydrogen) atoms. The zero-order valence-electron chi connectivity index (χ0n) is 21.5. The second-order valence-corrected chi connectivity index (χ2v) is 11.6. The van der Waals surface area contributed by atoms with Gasteiger partial charge in [-0.25, -0.2) is 13.4 Å². The molecule has 9 nitrogen and oxygen atoms in total. The number of carbonyl (C=O) groups is 3. The van der Waals surface area contributed by atoms with E-state index in [2.05, 4.69) is 4.98 Å². The normalized spacial score (nSPS) is 13.1. The first kappa shape index (κ1) is 28.8.